The van der Waals surface area contributed by atoms with Crippen molar-refractivity contribution in [3.63, 3.8) is 0 Å². The minimum absolute atomic E-state index is 0.357. The van der Waals surface area contributed by atoms with E-state index in [2.05, 4.69) is 10.2 Å². The molecular formula is C13H18N2O2S3. The van der Waals surface area contributed by atoms with Crippen LogP contribution >= 0.6 is 24.0 Å². The van der Waals surface area contributed by atoms with Gasteiger partial charge in [-0.05, 0) is 17.7 Å². The third-order valence-corrected chi connectivity index (χ3v) is 5.81. The number of piperazine rings is 1. The van der Waals surface area contributed by atoms with Crippen LogP contribution in [0.2, 0.25) is 0 Å². The zero-order chi connectivity index (χ0) is 14.6. The number of nitrogens with one attached hydrogen (secondary N) is 1. The molecule has 1 aromatic rings. The van der Waals surface area contributed by atoms with Gasteiger partial charge in [-0.1, -0.05) is 36.1 Å². The van der Waals surface area contributed by atoms with Crippen molar-refractivity contribution in [1.82, 2.24) is 10.2 Å². The normalized spacial score (nSPS) is 16.1. The third-order valence-electron chi connectivity index (χ3n) is 3.09. The quantitative estimate of drug-likeness (QED) is 0.848. The summed E-state index contributed by atoms with van der Waals surface area (Å²) in [5, 5.41) is 3.30. The first-order valence-electron chi connectivity index (χ1n) is 6.38. The summed E-state index contributed by atoms with van der Waals surface area (Å²) >= 11 is 7.05. The molecule has 2 rings (SSSR count). The summed E-state index contributed by atoms with van der Waals surface area (Å²) in [6.07, 6.45) is 1.22. The molecule has 1 saturated heterocycles. The van der Waals surface area contributed by atoms with E-state index in [1.807, 2.05) is 12.1 Å². The Kier molecular flexibility index (Phi) is 5.42. The molecule has 4 nitrogen and oxygen atoms in total. The van der Waals surface area contributed by atoms with Crippen molar-refractivity contribution in [2.75, 3.05) is 32.4 Å². The predicted octanol–water partition coefficient (Wildman–Crippen LogP) is 1.51. The Morgan fingerprint density at radius 1 is 1.30 bits per heavy atom. The molecule has 7 heteroatoms. The highest BCUT2D eigenvalue weighted by atomic mass is 32.2. The number of thioether (sulfide) groups is 1. The largest absolute Gasteiger partial charge is 0.355 e. The number of benzene rings is 1. The Labute approximate surface area is 129 Å². The van der Waals surface area contributed by atoms with Crippen LogP contribution in [0.15, 0.2) is 29.2 Å². The van der Waals surface area contributed by atoms with Crippen LogP contribution in [0.1, 0.15) is 5.56 Å². The molecule has 0 saturated carbocycles. The highest BCUT2D eigenvalue weighted by Gasteiger charge is 2.13. The maximum atomic E-state index is 11.4. The lowest BCUT2D eigenvalue weighted by Crippen LogP contribution is -2.44. The van der Waals surface area contributed by atoms with Crippen molar-refractivity contribution in [3.05, 3.63) is 29.8 Å². The van der Waals surface area contributed by atoms with Crippen LogP contribution in [0.3, 0.4) is 0 Å². The Balaban J connectivity index is 1.89. The molecule has 0 atom stereocenters. The standard InChI is InChI=1S/C13H18N2O2S3/c1-20(16,17)12-4-2-11(3-5-12)10-19-13(18)15-8-6-14-7-9-15/h2-5,14H,6-10H2,1H3. The molecule has 0 spiro atoms. The molecule has 0 aromatic heterocycles. The number of nitrogens with zero attached hydrogens (tertiary/aromatic N) is 1. The molecule has 1 heterocycles. The van der Waals surface area contributed by atoms with Crippen molar-refractivity contribution in [2.45, 2.75) is 10.6 Å². The van der Waals surface area contributed by atoms with Gasteiger partial charge in [0.2, 0.25) is 0 Å². The van der Waals surface area contributed by atoms with Crippen molar-refractivity contribution in [1.29, 1.82) is 0 Å². The second-order valence-electron chi connectivity index (χ2n) is 4.71. The van der Waals surface area contributed by atoms with Gasteiger partial charge in [0, 0.05) is 38.2 Å². The molecule has 20 heavy (non-hydrogen) atoms. The van der Waals surface area contributed by atoms with Gasteiger partial charge in [-0.25, -0.2) is 8.42 Å². The highest BCUT2D eigenvalue weighted by molar-refractivity contribution is 8.22. The summed E-state index contributed by atoms with van der Waals surface area (Å²) in [6.45, 7) is 3.87. The second kappa shape index (κ2) is 6.89. The number of hydrogen-bond acceptors (Lipinski definition) is 5. The summed E-state index contributed by atoms with van der Waals surface area (Å²) in [4.78, 5) is 2.57. The van der Waals surface area contributed by atoms with E-state index in [0.29, 0.717) is 4.90 Å². The molecule has 110 valence electrons. The average molecular weight is 331 g/mol. The molecule has 0 aliphatic carbocycles. The van der Waals surface area contributed by atoms with Gasteiger partial charge < -0.3 is 10.2 Å². The van der Waals surface area contributed by atoms with E-state index in [-0.39, 0.29) is 0 Å². The summed E-state index contributed by atoms with van der Waals surface area (Å²) in [6, 6.07) is 7.01. The number of hydrogen-bond donors (Lipinski definition) is 1. The molecule has 0 unspecified atom stereocenters. The minimum Gasteiger partial charge on any atom is -0.355 e. The van der Waals surface area contributed by atoms with E-state index in [9.17, 15) is 8.42 Å². The van der Waals surface area contributed by atoms with Crippen LogP contribution in [0, 0.1) is 0 Å². The fourth-order valence-corrected chi connectivity index (χ4v) is 3.75. The summed E-state index contributed by atoms with van der Waals surface area (Å²) in [5.74, 6) is 0.771. The number of rotatable bonds is 3. The summed E-state index contributed by atoms with van der Waals surface area (Å²) in [5.41, 5.74) is 1.08. The van der Waals surface area contributed by atoms with Gasteiger partial charge >= 0.3 is 0 Å². The smallest absolute Gasteiger partial charge is 0.175 e. The maximum absolute atomic E-state index is 11.4. The van der Waals surface area contributed by atoms with Crippen molar-refractivity contribution in [3.8, 4) is 0 Å². The molecule has 0 bridgehead atoms. The lowest BCUT2D eigenvalue weighted by molar-refractivity contribution is 0.368. The van der Waals surface area contributed by atoms with Gasteiger partial charge in [-0.3, -0.25) is 0 Å². The van der Waals surface area contributed by atoms with Crippen LogP contribution in [-0.4, -0.2) is 50.1 Å². The maximum Gasteiger partial charge on any atom is 0.175 e. The topological polar surface area (TPSA) is 49.4 Å². The van der Waals surface area contributed by atoms with E-state index in [0.717, 1.165) is 41.8 Å². The number of sulfone groups is 1. The van der Waals surface area contributed by atoms with Crippen LogP contribution in [0.25, 0.3) is 0 Å². The van der Waals surface area contributed by atoms with Gasteiger partial charge in [-0.2, -0.15) is 0 Å². The van der Waals surface area contributed by atoms with Gasteiger partial charge in [0.1, 0.15) is 4.32 Å². The van der Waals surface area contributed by atoms with Crippen LogP contribution < -0.4 is 5.32 Å². The van der Waals surface area contributed by atoms with Gasteiger partial charge in [0.05, 0.1) is 4.90 Å². The first-order chi connectivity index (χ1) is 9.47. The monoisotopic (exact) mass is 330 g/mol. The van der Waals surface area contributed by atoms with E-state index in [1.165, 1.54) is 6.26 Å². The Morgan fingerprint density at radius 3 is 2.45 bits per heavy atom. The van der Waals surface area contributed by atoms with Gasteiger partial charge in [-0.15, -0.1) is 0 Å². The van der Waals surface area contributed by atoms with Gasteiger partial charge in [0.15, 0.2) is 9.84 Å². The van der Waals surface area contributed by atoms with E-state index in [1.54, 1.807) is 23.9 Å². The molecule has 1 N–H and O–H groups in total. The zero-order valence-corrected chi connectivity index (χ0v) is 13.8. The highest BCUT2D eigenvalue weighted by Crippen LogP contribution is 2.18. The van der Waals surface area contributed by atoms with Crippen molar-refractivity contribution < 1.29 is 8.42 Å². The van der Waals surface area contributed by atoms with E-state index in [4.69, 9.17) is 12.2 Å². The fraction of sp³-hybridized carbons (Fsp3) is 0.462. The number of thiocarbonyl (C=S) groups is 1. The summed E-state index contributed by atoms with van der Waals surface area (Å²) < 4.78 is 23.7. The lowest BCUT2D eigenvalue weighted by atomic mass is 10.2. The molecule has 0 amide bonds. The Hall–Kier alpha value is -0.630. The second-order valence-corrected chi connectivity index (χ2v) is 8.33. The lowest BCUT2D eigenvalue weighted by Gasteiger charge is -2.29. The van der Waals surface area contributed by atoms with Crippen molar-refractivity contribution >= 4 is 38.1 Å². The zero-order valence-electron chi connectivity index (χ0n) is 11.3. The molecule has 0 radical (unpaired) electrons. The first kappa shape index (κ1) is 15.8. The predicted molar refractivity (Wildman–Crippen MR) is 87.9 cm³/mol. The fourth-order valence-electron chi connectivity index (χ4n) is 1.92. The SMILES string of the molecule is CS(=O)(=O)c1ccc(CSC(=S)N2CCNCC2)cc1. The van der Waals surface area contributed by atoms with E-state index >= 15 is 0 Å². The van der Waals surface area contributed by atoms with Crippen LogP contribution in [0.5, 0.6) is 0 Å². The third kappa shape index (κ3) is 4.44. The average Bonchev–Trinajstić information content (AvgIpc) is 2.45. The van der Waals surface area contributed by atoms with Crippen molar-refractivity contribution in [2.24, 2.45) is 0 Å². The molecule has 1 aliphatic heterocycles. The minimum atomic E-state index is -3.12. The van der Waals surface area contributed by atoms with E-state index < -0.39 is 9.84 Å². The van der Waals surface area contributed by atoms with Crippen LogP contribution in [-0.2, 0) is 15.6 Å². The Morgan fingerprint density at radius 2 is 1.90 bits per heavy atom. The Bertz CT molecular complexity index is 564. The molecule has 1 aromatic carbocycles. The van der Waals surface area contributed by atoms with Crippen LogP contribution in [0.4, 0.5) is 0 Å². The molecular weight excluding hydrogens is 312 g/mol. The first-order valence-corrected chi connectivity index (χ1v) is 9.67. The molecule has 1 fully saturated rings. The molecule has 1 aliphatic rings. The summed E-state index contributed by atoms with van der Waals surface area (Å²) in [7, 11) is -3.12. The van der Waals surface area contributed by atoms with Gasteiger partial charge in [0.25, 0.3) is 0 Å².